The maximum absolute atomic E-state index is 6.11. The Hall–Kier alpha value is -0.640. The van der Waals surface area contributed by atoms with E-state index in [9.17, 15) is 0 Å². The summed E-state index contributed by atoms with van der Waals surface area (Å²) in [5.74, 6) is 0.629. The van der Waals surface area contributed by atoms with Crippen molar-refractivity contribution in [2.45, 2.75) is 32.4 Å². The minimum atomic E-state index is 0.375. The van der Waals surface area contributed by atoms with E-state index in [4.69, 9.17) is 17.3 Å². The first kappa shape index (κ1) is 12.8. The molecule has 0 amide bonds. The Bertz CT molecular complexity index is 352. The molecule has 2 heterocycles. The highest BCUT2D eigenvalue weighted by atomic mass is 35.5. The lowest BCUT2D eigenvalue weighted by molar-refractivity contribution is 0.145. The highest BCUT2D eigenvalue weighted by Crippen LogP contribution is 2.20. The van der Waals surface area contributed by atoms with Crippen molar-refractivity contribution in [3.8, 4) is 0 Å². The van der Waals surface area contributed by atoms with Crippen LogP contribution < -0.4 is 5.73 Å². The summed E-state index contributed by atoms with van der Waals surface area (Å²) in [6.45, 7) is 5.35. The summed E-state index contributed by atoms with van der Waals surface area (Å²) < 4.78 is 0. The number of nitrogens with zero attached hydrogens (tertiary/aromatic N) is 2. The molecule has 1 aromatic rings. The van der Waals surface area contributed by atoms with Crippen molar-refractivity contribution < 1.29 is 0 Å². The molecule has 94 valence electrons. The van der Waals surface area contributed by atoms with Gasteiger partial charge in [-0.05, 0) is 30.5 Å². The fourth-order valence-corrected chi connectivity index (χ4v) is 2.57. The van der Waals surface area contributed by atoms with Crippen molar-refractivity contribution >= 4 is 11.6 Å². The summed E-state index contributed by atoms with van der Waals surface area (Å²) in [5.41, 5.74) is 7.33. The molecule has 2 rings (SSSR count). The van der Waals surface area contributed by atoms with Gasteiger partial charge in [0.2, 0.25) is 0 Å². The van der Waals surface area contributed by atoms with Gasteiger partial charge in [0.1, 0.15) is 5.15 Å². The molecular weight excluding hydrogens is 234 g/mol. The monoisotopic (exact) mass is 253 g/mol. The number of piperidine rings is 1. The molecular formula is C13H20ClN3. The predicted octanol–water partition coefficient (Wildman–Crippen LogP) is 2.29. The number of pyridine rings is 1. The Kier molecular flexibility index (Phi) is 4.37. The van der Waals surface area contributed by atoms with Crippen molar-refractivity contribution in [3.05, 3.63) is 29.0 Å². The summed E-state index contributed by atoms with van der Waals surface area (Å²) in [6.07, 6.45) is 4.12. The molecule has 2 atom stereocenters. The molecule has 2 unspecified atom stereocenters. The quantitative estimate of drug-likeness (QED) is 0.841. The van der Waals surface area contributed by atoms with Crippen LogP contribution in [-0.2, 0) is 6.54 Å². The van der Waals surface area contributed by atoms with Crippen LogP contribution in [0.15, 0.2) is 18.3 Å². The number of likely N-dealkylation sites (tertiary alicyclic amines) is 1. The zero-order valence-corrected chi connectivity index (χ0v) is 11.0. The maximum Gasteiger partial charge on any atom is 0.129 e. The molecule has 0 saturated carbocycles. The Labute approximate surface area is 108 Å². The molecule has 17 heavy (non-hydrogen) atoms. The largest absolute Gasteiger partial charge is 0.327 e. The second-order valence-corrected chi connectivity index (χ2v) is 5.23. The van der Waals surface area contributed by atoms with E-state index in [1.54, 1.807) is 0 Å². The van der Waals surface area contributed by atoms with Gasteiger partial charge in [0.05, 0.1) is 0 Å². The Balaban J connectivity index is 1.93. The van der Waals surface area contributed by atoms with Crippen LogP contribution in [0.3, 0.4) is 0 Å². The molecule has 1 saturated heterocycles. The van der Waals surface area contributed by atoms with Crippen molar-refractivity contribution in [1.29, 1.82) is 0 Å². The lowest BCUT2D eigenvalue weighted by Crippen LogP contribution is -2.46. The van der Waals surface area contributed by atoms with Crippen molar-refractivity contribution in [1.82, 2.24) is 9.88 Å². The fraction of sp³-hybridized carbons (Fsp3) is 0.615. The van der Waals surface area contributed by atoms with E-state index < -0.39 is 0 Å². The third kappa shape index (κ3) is 3.41. The smallest absolute Gasteiger partial charge is 0.129 e. The van der Waals surface area contributed by atoms with Crippen LogP contribution in [0.2, 0.25) is 5.15 Å². The van der Waals surface area contributed by atoms with Gasteiger partial charge in [-0.2, -0.15) is 0 Å². The summed E-state index contributed by atoms with van der Waals surface area (Å²) in [4.78, 5) is 6.57. The summed E-state index contributed by atoms with van der Waals surface area (Å²) in [7, 11) is 0. The highest BCUT2D eigenvalue weighted by molar-refractivity contribution is 6.29. The average molecular weight is 254 g/mol. The minimum absolute atomic E-state index is 0.375. The third-order valence-electron chi connectivity index (χ3n) is 3.60. The molecule has 1 aliphatic rings. The first-order chi connectivity index (χ1) is 8.19. The van der Waals surface area contributed by atoms with Crippen LogP contribution in [0.4, 0.5) is 0 Å². The molecule has 3 nitrogen and oxygen atoms in total. The molecule has 1 aromatic heterocycles. The summed E-state index contributed by atoms with van der Waals surface area (Å²) >= 11 is 5.78. The normalized spacial score (nSPS) is 26.1. The highest BCUT2D eigenvalue weighted by Gasteiger charge is 2.24. The second kappa shape index (κ2) is 5.80. The van der Waals surface area contributed by atoms with Gasteiger partial charge in [-0.15, -0.1) is 0 Å². The lowest BCUT2D eigenvalue weighted by Gasteiger charge is -2.36. The van der Waals surface area contributed by atoms with Crippen molar-refractivity contribution in [3.63, 3.8) is 0 Å². The number of nitrogens with two attached hydrogens (primary N) is 1. The molecule has 0 spiro atoms. The fourth-order valence-electron chi connectivity index (χ4n) is 2.46. The van der Waals surface area contributed by atoms with E-state index >= 15 is 0 Å². The summed E-state index contributed by atoms with van der Waals surface area (Å²) in [6, 6.07) is 4.27. The van der Waals surface area contributed by atoms with Crippen molar-refractivity contribution in [2.24, 2.45) is 11.7 Å². The SMILES string of the molecule is CCC1CN(Cc2ccc(Cl)nc2)CCC1N. The average Bonchev–Trinajstić information content (AvgIpc) is 2.34. The third-order valence-corrected chi connectivity index (χ3v) is 3.82. The van der Waals surface area contributed by atoms with E-state index in [0.29, 0.717) is 17.1 Å². The van der Waals surface area contributed by atoms with Gasteiger partial charge in [0.15, 0.2) is 0 Å². The molecule has 0 aromatic carbocycles. The molecule has 2 N–H and O–H groups in total. The van der Waals surface area contributed by atoms with Crippen LogP contribution in [0, 0.1) is 5.92 Å². The van der Waals surface area contributed by atoms with Crippen molar-refractivity contribution in [2.75, 3.05) is 13.1 Å². The number of aromatic nitrogens is 1. The predicted molar refractivity (Wildman–Crippen MR) is 70.9 cm³/mol. The van der Waals surface area contributed by atoms with Crippen LogP contribution in [0.5, 0.6) is 0 Å². The first-order valence-corrected chi connectivity index (χ1v) is 6.65. The van der Waals surface area contributed by atoms with Gasteiger partial charge >= 0.3 is 0 Å². The van der Waals surface area contributed by atoms with E-state index in [1.807, 2.05) is 18.3 Å². The topological polar surface area (TPSA) is 42.2 Å². The van der Waals surface area contributed by atoms with Crippen LogP contribution in [0.25, 0.3) is 0 Å². The number of hydrogen-bond acceptors (Lipinski definition) is 3. The minimum Gasteiger partial charge on any atom is -0.327 e. The standard InChI is InChI=1S/C13H20ClN3/c1-2-11-9-17(6-5-12(11)15)8-10-3-4-13(14)16-7-10/h3-4,7,11-12H,2,5-6,8-9,15H2,1H3. The van der Waals surface area contributed by atoms with E-state index in [-0.39, 0.29) is 0 Å². The van der Waals surface area contributed by atoms with E-state index in [0.717, 1.165) is 32.5 Å². The first-order valence-electron chi connectivity index (χ1n) is 6.27. The van der Waals surface area contributed by atoms with Gasteiger partial charge in [0.25, 0.3) is 0 Å². The van der Waals surface area contributed by atoms with Crippen LogP contribution in [0.1, 0.15) is 25.3 Å². The molecule has 1 aliphatic heterocycles. The van der Waals surface area contributed by atoms with E-state index in [2.05, 4.69) is 16.8 Å². The maximum atomic E-state index is 6.11. The Morgan fingerprint density at radius 2 is 2.35 bits per heavy atom. The molecule has 4 heteroatoms. The van der Waals surface area contributed by atoms with E-state index in [1.165, 1.54) is 5.56 Å². The Morgan fingerprint density at radius 3 is 3.00 bits per heavy atom. The van der Waals surface area contributed by atoms with Crippen LogP contribution >= 0.6 is 11.6 Å². The summed E-state index contributed by atoms with van der Waals surface area (Å²) in [5, 5.41) is 0.556. The van der Waals surface area contributed by atoms with Gasteiger partial charge in [-0.3, -0.25) is 4.90 Å². The number of halogens is 1. The second-order valence-electron chi connectivity index (χ2n) is 4.85. The molecule has 1 fully saturated rings. The molecule has 0 aliphatic carbocycles. The Morgan fingerprint density at radius 1 is 1.53 bits per heavy atom. The zero-order valence-electron chi connectivity index (χ0n) is 10.3. The molecule has 0 bridgehead atoms. The van der Waals surface area contributed by atoms with Gasteiger partial charge in [-0.25, -0.2) is 4.98 Å². The lowest BCUT2D eigenvalue weighted by atomic mass is 9.90. The van der Waals surface area contributed by atoms with Gasteiger partial charge < -0.3 is 5.73 Å². The molecule has 0 radical (unpaired) electrons. The number of hydrogen-bond donors (Lipinski definition) is 1. The van der Waals surface area contributed by atoms with Gasteiger partial charge in [-0.1, -0.05) is 31.0 Å². The van der Waals surface area contributed by atoms with Crippen LogP contribution in [-0.4, -0.2) is 29.0 Å². The van der Waals surface area contributed by atoms with Gasteiger partial charge in [0, 0.05) is 25.3 Å². The zero-order chi connectivity index (χ0) is 12.3. The number of rotatable bonds is 3.